The van der Waals surface area contributed by atoms with E-state index in [-0.39, 0.29) is 10.5 Å². The summed E-state index contributed by atoms with van der Waals surface area (Å²) in [5.74, 6) is -1.19. The van der Waals surface area contributed by atoms with Gasteiger partial charge in [0.15, 0.2) is 0 Å². The Morgan fingerprint density at radius 3 is 2.44 bits per heavy atom. The van der Waals surface area contributed by atoms with Crippen LogP contribution in [-0.2, 0) is 16.4 Å². The maximum Gasteiger partial charge on any atom is 0.336 e. The highest BCUT2D eigenvalue weighted by atomic mass is 32.2. The first-order valence-electron chi connectivity index (χ1n) is 8.03. The molecule has 0 saturated carbocycles. The van der Waals surface area contributed by atoms with Crippen LogP contribution < -0.4 is 10.5 Å². The minimum Gasteiger partial charge on any atom is -0.478 e. The van der Waals surface area contributed by atoms with E-state index in [1.54, 1.807) is 0 Å². The number of nitrogens with one attached hydrogen (secondary N) is 1. The number of carboxylic acid groups (broad SMARTS) is 1. The molecular formula is C18H22N2O4S. The van der Waals surface area contributed by atoms with E-state index in [0.717, 1.165) is 24.5 Å². The second-order valence-electron chi connectivity index (χ2n) is 5.79. The van der Waals surface area contributed by atoms with Crippen LogP contribution in [0.2, 0.25) is 0 Å². The molecule has 0 saturated heterocycles. The predicted octanol–water partition coefficient (Wildman–Crippen LogP) is 2.84. The van der Waals surface area contributed by atoms with E-state index in [4.69, 9.17) is 5.14 Å². The number of hydrogen-bond donors (Lipinski definition) is 3. The number of carboxylic acids is 1. The highest BCUT2D eigenvalue weighted by Gasteiger charge is 2.20. The largest absolute Gasteiger partial charge is 0.478 e. The van der Waals surface area contributed by atoms with Crippen LogP contribution in [0.3, 0.4) is 0 Å². The zero-order valence-electron chi connectivity index (χ0n) is 14.0. The van der Waals surface area contributed by atoms with Gasteiger partial charge in [0.05, 0.1) is 10.5 Å². The molecule has 134 valence electrons. The molecule has 0 atom stereocenters. The van der Waals surface area contributed by atoms with Crippen molar-refractivity contribution in [2.24, 2.45) is 5.14 Å². The SMILES string of the molecule is CCCCNc1cc(S(N)(=O)=O)cc(C(=O)O)c1Cc1ccccc1. The summed E-state index contributed by atoms with van der Waals surface area (Å²) in [6.45, 7) is 2.65. The zero-order chi connectivity index (χ0) is 18.4. The molecule has 0 fully saturated rings. The molecule has 2 aromatic rings. The summed E-state index contributed by atoms with van der Waals surface area (Å²) < 4.78 is 23.4. The van der Waals surface area contributed by atoms with Crippen LogP contribution >= 0.6 is 0 Å². The van der Waals surface area contributed by atoms with Gasteiger partial charge in [-0.1, -0.05) is 43.7 Å². The first-order valence-corrected chi connectivity index (χ1v) is 9.58. The monoisotopic (exact) mass is 362 g/mol. The Kier molecular flexibility index (Phi) is 6.17. The summed E-state index contributed by atoms with van der Waals surface area (Å²) >= 11 is 0. The van der Waals surface area contributed by atoms with Gasteiger partial charge in [-0.05, 0) is 29.7 Å². The average Bonchev–Trinajstić information content (AvgIpc) is 2.56. The Labute approximate surface area is 147 Å². The van der Waals surface area contributed by atoms with Crippen molar-refractivity contribution in [3.8, 4) is 0 Å². The van der Waals surface area contributed by atoms with Gasteiger partial charge in [0.1, 0.15) is 0 Å². The average molecular weight is 362 g/mol. The summed E-state index contributed by atoms with van der Waals surface area (Å²) in [5.41, 5.74) is 1.91. The summed E-state index contributed by atoms with van der Waals surface area (Å²) in [4.78, 5) is 11.5. The molecular weight excluding hydrogens is 340 g/mol. The third-order valence-electron chi connectivity index (χ3n) is 3.85. The van der Waals surface area contributed by atoms with E-state index in [1.165, 1.54) is 6.07 Å². The Hall–Kier alpha value is -2.38. The van der Waals surface area contributed by atoms with E-state index in [9.17, 15) is 18.3 Å². The van der Waals surface area contributed by atoms with Gasteiger partial charge in [0, 0.05) is 18.7 Å². The van der Waals surface area contributed by atoms with Gasteiger partial charge < -0.3 is 10.4 Å². The summed E-state index contributed by atoms with van der Waals surface area (Å²) in [5, 5.41) is 17.9. The number of benzene rings is 2. The molecule has 2 rings (SSSR count). The Bertz CT molecular complexity index is 849. The van der Waals surface area contributed by atoms with Gasteiger partial charge in [0.2, 0.25) is 10.0 Å². The van der Waals surface area contributed by atoms with Crippen LogP contribution in [0, 0.1) is 0 Å². The summed E-state index contributed by atoms with van der Waals surface area (Å²) in [7, 11) is -4.00. The smallest absolute Gasteiger partial charge is 0.336 e. The van der Waals surface area contributed by atoms with Gasteiger partial charge in [-0.3, -0.25) is 0 Å². The number of primary sulfonamides is 1. The Morgan fingerprint density at radius 1 is 1.20 bits per heavy atom. The molecule has 0 unspecified atom stereocenters. The van der Waals surface area contributed by atoms with Crippen LogP contribution in [0.15, 0.2) is 47.4 Å². The highest BCUT2D eigenvalue weighted by molar-refractivity contribution is 7.89. The molecule has 0 aromatic heterocycles. The number of hydrogen-bond acceptors (Lipinski definition) is 4. The third kappa shape index (κ3) is 5.04. The lowest BCUT2D eigenvalue weighted by atomic mass is 9.97. The van der Waals surface area contributed by atoms with Crippen LogP contribution in [0.1, 0.15) is 41.3 Å². The van der Waals surface area contributed by atoms with Crippen molar-refractivity contribution in [1.82, 2.24) is 0 Å². The maximum atomic E-state index is 11.7. The van der Waals surface area contributed by atoms with Gasteiger partial charge in [-0.2, -0.15) is 0 Å². The van der Waals surface area contributed by atoms with Crippen molar-refractivity contribution in [1.29, 1.82) is 0 Å². The second-order valence-corrected chi connectivity index (χ2v) is 7.35. The first kappa shape index (κ1) is 19.0. The van der Waals surface area contributed by atoms with Crippen molar-refractivity contribution >= 4 is 21.7 Å². The molecule has 0 aliphatic heterocycles. The van der Waals surface area contributed by atoms with E-state index in [2.05, 4.69) is 5.32 Å². The lowest BCUT2D eigenvalue weighted by Gasteiger charge is -2.16. The maximum absolute atomic E-state index is 11.7. The molecule has 0 aliphatic rings. The van der Waals surface area contributed by atoms with Gasteiger partial charge >= 0.3 is 5.97 Å². The van der Waals surface area contributed by atoms with Crippen molar-refractivity contribution in [3.05, 3.63) is 59.2 Å². The van der Waals surface area contributed by atoms with E-state index in [1.807, 2.05) is 37.3 Å². The minimum atomic E-state index is -4.00. The number of carbonyl (C=O) groups is 1. The molecule has 0 radical (unpaired) electrons. The van der Waals surface area contributed by atoms with Gasteiger partial charge in [0.25, 0.3) is 0 Å². The quantitative estimate of drug-likeness (QED) is 0.626. The molecule has 0 heterocycles. The molecule has 25 heavy (non-hydrogen) atoms. The van der Waals surface area contributed by atoms with Crippen molar-refractivity contribution in [2.75, 3.05) is 11.9 Å². The summed E-state index contributed by atoms with van der Waals surface area (Å²) in [6.07, 6.45) is 2.22. The number of rotatable bonds is 8. The lowest BCUT2D eigenvalue weighted by molar-refractivity contribution is 0.0695. The molecule has 0 spiro atoms. The molecule has 0 amide bonds. The fourth-order valence-electron chi connectivity index (χ4n) is 2.55. The molecule has 7 heteroatoms. The number of unbranched alkanes of at least 4 members (excludes halogenated alkanes) is 1. The lowest BCUT2D eigenvalue weighted by Crippen LogP contribution is -2.16. The van der Waals surface area contributed by atoms with Gasteiger partial charge in [-0.25, -0.2) is 18.4 Å². The topological polar surface area (TPSA) is 109 Å². The predicted molar refractivity (Wildman–Crippen MR) is 97.4 cm³/mol. The summed E-state index contributed by atoms with van der Waals surface area (Å²) in [6, 6.07) is 12.0. The van der Waals surface area contributed by atoms with E-state index >= 15 is 0 Å². The number of anilines is 1. The van der Waals surface area contributed by atoms with E-state index in [0.29, 0.717) is 24.2 Å². The van der Waals surface area contributed by atoms with E-state index < -0.39 is 16.0 Å². The van der Waals surface area contributed by atoms with Gasteiger partial charge in [-0.15, -0.1) is 0 Å². The standard InChI is InChI=1S/C18H22N2O4S/c1-2-3-9-20-17-12-14(25(19,23)24)11-16(18(21)22)15(17)10-13-7-5-4-6-8-13/h4-8,11-12,20H,2-3,9-10H2,1H3,(H,21,22)(H2,19,23,24). The number of nitrogens with two attached hydrogens (primary N) is 1. The van der Waals surface area contributed by atoms with Crippen LogP contribution in [0.4, 0.5) is 5.69 Å². The van der Waals surface area contributed by atoms with Crippen molar-refractivity contribution in [2.45, 2.75) is 31.1 Å². The molecule has 0 bridgehead atoms. The normalized spacial score (nSPS) is 11.3. The Morgan fingerprint density at radius 2 is 1.88 bits per heavy atom. The highest BCUT2D eigenvalue weighted by Crippen LogP contribution is 2.28. The van der Waals surface area contributed by atoms with Crippen LogP contribution in [0.5, 0.6) is 0 Å². The minimum absolute atomic E-state index is 0.0608. The third-order valence-corrected chi connectivity index (χ3v) is 4.74. The van der Waals surface area contributed by atoms with Crippen LogP contribution in [0.25, 0.3) is 0 Å². The van der Waals surface area contributed by atoms with Crippen molar-refractivity contribution in [3.63, 3.8) is 0 Å². The number of sulfonamides is 1. The molecule has 6 nitrogen and oxygen atoms in total. The molecule has 4 N–H and O–H groups in total. The first-order chi connectivity index (χ1) is 11.8. The van der Waals surface area contributed by atoms with Crippen LogP contribution in [-0.4, -0.2) is 26.0 Å². The van der Waals surface area contributed by atoms with Crippen molar-refractivity contribution < 1.29 is 18.3 Å². The zero-order valence-corrected chi connectivity index (χ0v) is 14.8. The molecule has 2 aromatic carbocycles. The fraction of sp³-hybridized carbons (Fsp3) is 0.278. The molecule has 0 aliphatic carbocycles. The second kappa shape index (κ2) is 8.13. The number of aromatic carboxylic acids is 1. The fourth-order valence-corrected chi connectivity index (χ4v) is 3.11. The Balaban J connectivity index is 2.57.